The van der Waals surface area contributed by atoms with Crippen LogP contribution in [0, 0.1) is 12.8 Å². The molecule has 0 spiro atoms. The highest BCUT2D eigenvalue weighted by molar-refractivity contribution is 6.32. The van der Waals surface area contributed by atoms with Crippen LogP contribution in [0.4, 0.5) is 0 Å². The summed E-state index contributed by atoms with van der Waals surface area (Å²) >= 11 is 6.28. The number of halogens is 1. The van der Waals surface area contributed by atoms with Crippen LogP contribution in [0.2, 0.25) is 5.02 Å². The van der Waals surface area contributed by atoms with Gasteiger partial charge in [-0.1, -0.05) is 31.5 Å². The Kier molecular flexibility index (Phi) is 6.86. The Morgan fingerprint density at radius 1 is 1.18 bits per heavy atom. The van der Waals surface area contributed by atoms with E-state index in [4.69, 9.17) is 25.5 Å². The van der Waals surface area contributed by atoms with E-state index in [1.807, 2.05) is 13.0 Å². The molecule has 0 radical (unpaired) electrons. The van der Waals surface area contributed by atoms with E-state index in [1.165, 1.54) is 0 Å². The third-order valence-electron chi connectivity index (χ3n) is 5.88. The lowest BCUT2D eigenvalue weighted by molar-refractivity contribution is 0.0716. The van der Waals surface area contributed by atoms with E-state index in [0.29, 0.717) is 52.0 Å². The Morgan fingerprint density at radius 3 is 2.62 bits per heavy atom. The Balaban J connectivity index is 1.89. The molecule has 1 aliphatic heterocycles. The van der Waals surface area contributed by atoms with Crippen LogP contribution in [0.25, 0.3) is 11.0 Å². The highest BCUT2D eigenvalue weighted by Crippen LogP contribution is 2.41. The van der Waals surface area contributed by atoms with E-state index in [0.717, 1.165) is 5.56 Å². The molecule has 0 aliphatic carbocycles. The van der Waals surface area contributed by atoms with Crippen molar-refractivity contribution >= 4 is 28.5 Å². The SMILES string of the molecule is COc1cc(C2c3c(oc4cc(C)c(Cl)cc4c3=O)C(=O)N2CCCO)ccc1OCC(C)C. The highest BCUT2D eigenvalue weighted by atomic mass is 35.5. The number of aliphatic hydroxyl groups excluding tert-OH is 1. The van der Waals surface area contributed by atoms with E-state index < -0.39 is 6.04 Å². The smallest absolute Gasteiger partial charge is 0.290 e. The summed E-state index contributed by atoms with van der Waals surface area (Å²) in [5, 5.41) is 10.2. The molecule has 8 heteroatoms. The minimum atomic E-state index is -0.692. The molecular formula is C26H28ClNO6. The Morgan fingerprint density at radius 2 is 1.94 bits per heavy atom. The zero-order chi connectivity index (χ0) is 24.6. The second-order valence-electron chi connectivity index (χ2n) is 8.86. The first-order valence-corrected chi connectivity index (χ1v) is 11.6. The van der Waals surface area contributed by atoms with Gasteiger partial charge in [0.1, 0.15) is 5.58 Å². The standard InChI is InChI=1S/C26H28ClNO6/c1-14(2)13-33-19-7-6-16(11-21(19)32-4)23-22-24(30)17-12-18(27)15(3)10-20(17)34-25(22)26(31)28(23)8-5-9-29/h6-7,10-12,14,23,29H,5,8-9,13H2,1-4H3. The number of aryl methyl sites for hydroxylation is 1. The molecule has 4 rings (SSSR count). The van der Waals surface area contributed by atoms with Crippen LogP contribution in [0.1, 0.15) is 53.6 Å². The number of fused-ring (bicyclic) bond motifs is 2. The number of amides is 1. The number of nitrogens with zero attached hydrogens (tertiary/aromatic N) is 1. The van der Waals surface area contributed by atoms with Crippen LogP contribution < -0.4 is 14.9 Å². The molecule has 3 aromatic rings. The van der Waals surface area contributed by atoms with Crippen LogP contribution in [0.15, 0.2) is 39.5 Å². The molecule has 0 saturated carbocycles. The first-order valence-electron chi connectivity index (χ1n) is 11.3. The predicted molar refractivity (Wildman–Crippen MR) is 130 cm³/mol. The Labute approximate surface area is 202 Å². The molecule has 1 unspecified atom stereocenters. The summed E-state index contributed by atoms with van der Waals surface area (Å²) in [6, 6.07) is 7.94. The number of carbonyl (C=O) groups excluding carboxylic acids is 1. The average molecular weight is 486 g/mol. The largest absolute Gasteiger partial charge is 0.493 e. The molecule has 1 aromatic heterocycles. The maximum Gasteiger partial charge on any atom is 0.290 e. The van der Waals surface area contributed by atoms with Crippen molar-refractivity contribution < 1.29 is 23.8 Å². The zero-order valence-corrected chi connectivity index (χ0v) is 20.4. The second kappa shape index (κ2) is 9.68. The van der Waals surface area contributed by atoms with Crippen LogP contribution >= 0.6 is 11.6 Å². The maximum absolute atomic E-state index is 13.6. The van der Waals surface area contributed by atoms with Crippen molar-refractivity contribution in [1.82, 2.24) is 4.90 Å². The van der Waals surface area contributed by atoms with Gasteiger partial charge in [0, 0.05) is 18.2 Å². The molecule has 1 amide bonds. The van der Waals surface area contributed by atoms with Crippen molar-refractivity contribution in [3.63, 3.8) is 0 Å². The number of hydrogen-bond acceptors (Lipinski definition) is 6. The topological polar surface area (TPSA) is 89.2 Å². The van der Waals surface area contributed by atoms with Crippen LogP contribution in [-0.4, -0.2) is 42.8 Å². The number of rotatable bonds is 8. The molecule has 0 bridgehead atoms. The molecule has 2 aromatic carbocycles. The van der Waals surface area contributed by atoms with Gasteiger partial charge in [0.25, 0.3) is 5.91 Å². The summed E-state index contributed by atoms with van der Waals surface area (Å²) in [6.07, 6.45) is 0.363. The minimum absolute atomic E-state index is 0.0151. The molecule has 1 N–H and O–H groups in total. The third-order valence-corrected chi connectivity index (χ3v) is 6.29. The number of methoxy groups -OCH3 is 1. The van der Waals surface area contributed by atoms with Gasteiger partial charge >= 0.3 is 0 Å². The molecule has 0 saturated heterocycles. The van der Waals surface area contributed by atoms with Crippen LogP contribution in [-0.2, 0) is 0 Å². The molecule has 180 valence electrons. The summed E-state index contributed by atoms with van der Waals surface area (Å²) in [6.45, 7) is 6.61. The van der Waals surface area contributed by atoms with E-state index in [-0.39, 0.29) is 35.8 Å². The average Bonchev–Trinajstić information content (AvgIpc) is 3.09. The minimum Gasteiger partial charge on any atom is -0.493 e. The fraction of sp³-hybridized carbons (Fsp3) is 0.385. The van der Waals surface area contributed by atoms with Crippen molar-refractivity contribution in [2.24, 2.45) is 5.92 Å². The molecule has 0 fully saturated rings. The number of benzene rings is 2. The fourth-order valence-corrected chi connectivity index (χ4v) is 4.35. The van der Waals surface area contributed by atoms with Gasteiger partial charge in [-0.15, -0.1) is 0 Å². The Bertz CT molecular complexity index is 1300. The number of carbonyl (C=O) groups is 1. The second-order valence-corrected chi connectivity index (χ2v) is 9.27. The van der Waals surface area contributed by atoms with Crippen LogP contribution in [0.5, 0.6) is 11.5 Å². The van der Waals surface area contributed by atoms with Crippen LogP contribution in [0.3, 0.4) is 0 Å². The zero-order valence-electron chi connectivity index (χ0n) is 19.7. The predicted octanol–water partition coefficient (Wildman–Crippen LogP) is 4.73. The molecule has 34 heavy (non-hydrogen) atoms. The normalized spacial score (nSPS) is 15.3. The highest BCUT2D eigenvalue weighted by Gasteiger charge is 2.42. The number of aliphatic hydroxyl groups is 1. The van der Waals surface area contributed by atoms with Crippen molar-refractivity contribution in [2.45, 2.75) is 33.2 Å². The number of hydrogen-bond donors (Lipinski definition) is 1. The fourth-order valence-electron chi connectivity index (χ4n) is 4.19. The summed E-state index contributed by atoms with van der Waals surface area (Å²) in [5.41, 5.74) is 1.70. The molecule has 1 aliphatic rings. The monoisotopic (exact) mass is 485 g/mol. The van der Waals surface area contributed by atoms with Crippen molar-refractivity contribution in [1.29, 1.82) is 0 Å². The first-order chi connectivity index (χ1) is 16.3. The van der Waals surface area contributed by atoms with Gasteiger partial charge in [0.15, 0.2) is 16.9 Å². The van der Waals surface area contributed by atoms with Gasteiger partial charge in [-0.2, -0.15) is 0 Å². The van der Waals surface area contributed by atoms with Crippen molar-refractivity contribution in [3.8, 4) is 11.5 Å². The van der Waals surface area contributed by atoms with Crippen molar-refractivity contribution in [2.75, 3.05) is 26.9 Å². The van der Waals surface area contributed by atoms with Gasteiger partial charge in [0.05, 0.1) is 30.7 Å². The van der Waals surface area contributed by atoms with Gasteiger partial charge in [-0.25, -0.2) is 0 Å². The third kappa shape index (κ3) is 4.26. The van der Waals surface area contributed by atoms with E-state index in [9.17, 15) is 14.7 Å². The van der Waals surface area contributed by atoms with E-state index >= 15 is 0 Å². The van der Waals surface area contributed by atoms with Gasteiger partial charge in [-0.05, 0) is 54.7 Å². The first kappa shape index (κ1) is 24.1. The van der Waals surface area contributed by atoms with E-state index in [1.54, 1.807) is 36.3 Å². The quantitative estimate of drug-likeness (QED) is 0.496. The van der Waals surface area contributed by atoms with Gasteiger partial charge < -0.3 is 23.9 Å². The summed E-state index contributed by atoms with van der Waals surface area (Å²) in [7, 11) is 1.55. The number of ether oxygens (including phenoxy) is 2. The lowest BCUT2D eigenvalue weighted by atomic mass is 9.97. The molecule has 7 nitrogen and oxygen atoms in total. The lowest BCUT2D eigenvalue weighted by Crippen LogP contribution is -2.31. The van der Waals surface area contributed by atoms with Gasteiger partial charge in [0.2, 0.25) is 5.76 Å². The maximum atomic E-state index is 13.6. The van der Waals surface area contributed by atoms with Crippen molar-refractivity contribution in [3.05, 3.63) is 68.0 Å². The summed E-state index contributed by atoms with van der Waals surface area (Å²) in [5.74, 6) is 1.05. The summed E-state index contributed by atoms with van der Waals surface area (Å²) in [4.78, 5) is 28.5. The molecule has 1 atom stereocenters. The molecule has 2 heterocycles. The van der Waals surface area contributed by atoms with E-state index in [2.05, 4.69) is 13.8 Å². The Hall–Kier alpha value is -3.03. The lowest BCUT2D eigenvalue weighted by Gasteiger charge is -2.25. The molecular weight excluding hydrogens is 458 g/mol. The van der Waals surface area contributed by atoms with Gasteiger partial charge in [-0.3, -0.25) is 9.59 Å². The summed E-state index contributed by atoms with van der Waals surface area (Å²) < 4.78 is 17.4.